The van der Waals surface area contributed by atoms with Crippen molar-refractivity contribution < 1.29 is 9.53 Å². The van der Waals surface area contributed by atoms with Gasteiger partial charge in [-0.15, -0.1) is 0 Å². The van der Waals surface area contributed by atoms with E-state index >= 15 is 0 Å². The number of nitrogens with zero attached hydrogens (tertiary/aromatic N) is 1. The second-order valence-electron chi connectivity index (χ2n) is 5.31. The van der Waals surface area contributed by atoms with Gasteiger partial charge in [-0.05, 0) is 31.5 Å². The van der Waals surface area contributed by atoms with Crippen molar-refractivity contribution in [1.29, 1.82) is 0 Å². The maximum atomic E-state index is 11.9. The van der Waals surface area contributed by atoms with E-state index in [9.17, 15) is 4.79 Å². The van der Waals surface area contributed by atoms with Gasteiger partial charge in [0.2, 0.25) is 5.91 Å². The third-order valence-corrected chi connectivity index (χ3v) is 4.26. The zero-order valence-electron chi connectivity index (χ0n) is 11.9. The number of nitrogens with two attached hydrogens (primary N) is 1. The molecule has 1 aliphatic rings. The molecule has 0 saturated heterocycles. The highest BCUT2D eigenvalue weighted by molar-refractivity contribution is 7.16. The van der Waals surface area contributed by atoms with Crippen molar-refractivity contribution in [3.63, 3.8) is 0 Å². The van der Waals surface area contributed by atoms with Crippen LogP contribution in [0.5, 0.6) is 5.75 Å². The first-order valence-corrected chi connectivity index (χ1v) is 7.67. The van der Waals surface area contributed by atoms with Gasteiger partial charge in [0, 0.05) is 12.3 Å². The number of anilines is 2. The molecule has 0 radical (unpaired) electrons. The predicted octanol–water partition coefficient (Wildman–Crippen LogP) is 2.99. The van der Waals surface area contributed by atoms with Crippen molar-refractivity contribution >= 4 is 28.2 Å². The van der Waals surface area contributed by atoms with Gasteiger partial charge in [-0.2, -0.15) is 0 Å². The van der Waals surface area contributed by atoms with Crippen molar-refractivity contribution in [3.8, 4) is 5.75 Å². The van der Waals surface area contributed by atoms with E-state index < -0.39 is 0 Å². The Morgan fingerprint density at radius 1 is 1.48 bits per heavy atom. The molecule has 1 atom stereocenters. The summed E-state index contributed by atoms with van der Waals surface area (Å²) in [5, 5.41) is 3.25. The number of nitrogens with one attached hydrogen (secondary N) is 1. The first-order chi connectivity index (χ1) is 10.0. The molecule has 1 amide bonds. The molecule has 0 bridgehead atoms. The standard InChI is InChI=1S/C15H17N3O2S/c1-8(2)20-10-5-3-4-9(6-10)11-7-12(19)17-14-13(11)21-15(16)18-14/h3-6,8,11H,7H2,1-2H3,(H2,16,18)(H,17,19). The van der Waals surface area contributed by atoms with Crippen molar-refractivity contribution in [2.45, 2.75) is 32.3 Å². The van der Waals surface area contributed by atoms with Crippen LogP contribution in [0.25, 0.3) is 0 Å². The lowest BCUT2D eigenvalue weighted by molar-refractivity contribution is -0.116. The Hall–Kier alpha value is -2.08. The zero-order valence-corrected chi connectivity index (χ0v) is 12.7. The highest BCUT2D eigenvalue weighted by Crippen LogP contribution is 2.42. The second-order valence-corrected chi connectivity index (χ2v) is 6.37. The average Bonchev–Trinajstić information content (AvgIpc) is 2.77. The Morgan fingerprint density at radius 3 is 3.05 bits per heavy atom. The normalized spacial score (nSPS) is 17.5. The summed E-state index contributed by atoms with van der Waals surface area (Å²) in [6, 6.07) is 7.87. The number of ether oxygens (including phenoxy) is 1. The maximum absolute atomic E-state index is 11.9. The topological polar surface area (TPSA) is 77.2 Å². The number of fused-ring (bicyclic) bond motifs is 1. The number of nitrogen functional groups attached to an aromatic ring is 1. The third-order valence-electron chi connectivity index (χ3n) is 3.27. The van der Waals surface area contributed by atoms with Crippen LogP contribution in [0.4, 0.5) is 10.9 Å². The summed E-state index contributed by atoms with van der Waals surface area (Å²) in [6.45, 7) is 3.98. The predicted molar refractivity (Wildman–Crippen MR) is 83.8 cm³/mol. The summed E-state index contributed by atoms with van der Waals surface area (Å²) in [6.07, 6.45) is 0.518. The van der Waals surface area contributed by atoms with Gasteiger partial charge >= 0.3 is 0 Å². The largest absolute Gasteiger partial charge is 0.491 e. The number of hydrogen-bond acceptors (Lipinski definition) is 5. The lowest BCUT2D eigenvalue weighted by atomic mass is 9.91. The SMILES string of the molecule is CC(C)Oc1cccc(C2CC(=O)Nc3nc(N)sc32)c1. The van der Waals surface area contributed by atoms with Gasteiger partial charge in [0.05, 0.1) is 11.0 Å². The highest BCUT2D eigenvalue weighted by atomic mass is 32.1. The van der Waals surface area contributed by atoms with E-state index in [1.165, 1.54) is 11.3 Å². The fourth-order valence-corrected chi connectivity index (χ4v) is 3.40. The summed E-state index contributed by atoms with van der Waals surface area (Å²) < 4.78 is 5.73. The molecule has 6 heteroatoms. The first kappa shape index (κ1) is 13.9. The molecule has 3 rings (SSSR count). The summed E-state index contributed by atoms with van der Waals surface area (Å²) >= 11 is 1.43. The van der Waals surface area contributed by atoms with Gasteiger partial charge in [0.25, 0.3) is 0 Å². The van der Waals surface area contributed by atoms with Crippen LogP contribution in [0.3, 0.4) is 0 Å². The number of aromatic nitrogens is 1. The quantitative estimate of drug-likeness (QED) is 0.914. The molecular weight excluding hydrogens is 286 g/mol. The van der Waals surface area contributed by atoms with Crippen molar-refractivity contribution in [2.24, 2.45) is 0 Å². The Kier molecular flexibility index (Phi) is 3.55. The maximum Gasteiger partial charge on any atom is 0.226 e. The molecule has 0 fully saturated rings. The Morgan fingerprint density at radius 2 is 2.29 bits per heavy atom. The van der Waals surface area contributed by atoms with Crippen LogP contribution in [-0.2, 0) is 4.79 Å². The van der Waals surface area contributed by atoms with E-state index in [1.54, 1.807) is 0 Å². The van der Waals surface area contributed by atoms with Crippen LogP contribution in [0, 0.1) is 0 Å². The minimum Gasteiger partial charge on any atom is -0.491 e. The summed E-state index contributed by atoms with van der Waals surface area (Å²) in [7, 11) is 0. The number of carbonyl (C=O) groups is 1. The molecule has 21 heavy (non-hydrogen) atoms. The van der Waals surface area contributed by atoms with Crippen LogP contribution in [0.2, 0.25) is 0 Å². The fourth-order valence-electron chi connectivity index (χ4n) is 2.48. The van der Waals surface area contributed by atoms with Crippen molar-refractivity contribution in [2.75, 3.05) is 11.1 Å². The Balaban J connectivity index is 1.98. The molecule has 1 aromatic heterocycles. The van der Waals surface area contributed by atoms with Crippen LogP contribution < -0.4 is 15.8 Å². The number of thiazole rings is 1. The zero-order chi connectivity index (χ0) is 15.0. The van der Waals surface area contributed by atoms with Gasteiger partial charge in [-0.1, -0.05) is 23.5 Å². The minimum absolute atomic E-state index is 0.0146. The molecule has 110 valence electrons. The minimum atomic E-state index is -0.0343. The summed E-state index contributed by atoms with van der Waals surface area (Å²) in [4.78, 5) is 17.1. The van der Waals surface area contributed by atoms with Gasteiger partial charge in [0.15, 0.2) is 5.13 Å². The van der Waals surface area contributed by atoms with E-state index in [2.05, 4.69) is 10.3 Å². The van der Waals surface area contributed by atoms with E-state index in [4.69, 9.17) is 10.5 Å². The van der Waals surface area contributed by atoms with E-state index in [0.29, 0.717) is 17.4 Å². The Labute approximate surface area is 127 Å². The first-order valence-electron chi connectivity index (χ1n) is 6.85. The number of amides is 1. The molecule has 1 aromatic carbocycles. The molecule has 1 unspecified atom stereocenters. The van der Waals surface area contributed by atoms with E-state index in [1.807, 2.05) is 38.1 Å². The van der Waals surface area contributed by atoms with Crippen LogP contribution in [-0.4, -0.2) is 17.0 Å². The molecule has 0 saturated carbocycles. The molecule has 2 aromatic rings. The van der Waals surface area contributed by atoms with Crippen LogP contribution in [0.1, 0.15) is 36.6 Å². The molecule has 5 nitrogen and oxygen atoms in total. The number of rotatable bonds is 3. The van der Waals surface area contributed by atoms with Gasteiger partial charge in [0.1, 0.15) is 11.6 Å². The Bertz CT molecular complexity index is 681. The van der Waals surface area contributed by atoms with E-state index in [0.717, 1.165) is 16.2 Å². The molecule has 2 heterocycles. The van der Waals surface area contributed by atoms with Gasteiger partial charge in [-0.3, -0.25) is 4.79 Å². The smallest absolute Gasteiger partial charge is 0.226 e. The van der Waals surface area contributed by atoms with Crippen LogP contribution >= 0.6 is 11.3 Å². The monoisotopic (exact) mass is 303 g/mol. The average molecular weight is 303 g/mol. The number of carbonyl (C=O) groups excluding carboxylic acids is 1. The number of hydrogen-bond donors (Lipinski definition) is 2. The molecule has 3 N–H and O–H groups in total. The van der Waals surface area contributed by atoms with Gasteiger partial charge < -0.3 is 15.8 Å². The van der Waals surface area contributed by atoms with Gasteiger partial charge in [-0.25, -0.2) is 4.98 Å². The molecule has 0 spiro atoms. The molecule has 0 aliphatic carbocycles. The van der Waals surface area contributed by atoms with E-state index in [-0.39, 0.29) is 17.9 Å². The van der Waals surface area contributed by atoms with Crippen LogP contribution in [0.15, 0.2) is 24.3 Å². The lowest BCUT2D eigenvalue weighted by Crippen LogP contribution is -2.22. The fraction of sp³-hybridized carbons (Fsp3) is 0.333. The lowest BCUT2D eigenvalue weighted by Gasteiger charge is -2.22. The summed E-state index contributed by atoms with van der Waals surface area (Å²) in [5.41, 5.74) is 6.82. The molecule has 1 aliphatic heterocycles. The molecular formula is C15H17N3O2S. The third kappa shape index (κ3) is 2.85. The van der Waals surface area contributed by atoms with Crippen molar-refractivity contribution in [1.82, 2.24) is 4.98 Å². The second kappa shape index (κ2) is 5.37. The highest BCUT2D eigenvalue weighted by Gasteiger charge is 2.30. The van der Waals surface area contributed by atoms with Crippen molar-refractivity contribution in [3.05, 3.63) is 34.7 Å². The summed E-state index contributed by atoms with van der Waals surface area (Å²) in [5.74, 6) is 1.36. The number of benzene rings is 1.